The second kappa shape index (κ2) is 10.4. The van der Waals surface area contributed by atoms with Gasteiger partial charge in [-0.3, -0.25) is 0 Å². The molecule has 2 heterocycles. The summed E-state index contributed by atoms with van der Waals surface area (Å²) in [5.74, 6) is 0. The maximum Gasteiger partial charge on any atom is 0.143 e. The first kappa shape index (κ1) is 26.1. The van der Waals surface area contributed by atoms with Crippen LogP contribution in [0.3, 0.4) is 0 Å². The van der Waals surface area contributed by atoms with Gasteiger partial charge in [0, 0.05) is 32.8 Å². The Morgan fingerprint density at radius 3 is 1.78 bits per heavy atom. The molecule has 0 aliphatic carbocycles. The van der Waals surface area contributed by atoms with E-state index in [1.807, 2.05) is 30.3 Å². The van der Waals surface area contributed by atoms with Crippen LogP contribution in [0.2, 0.25) is 0 Å². The van der Waals surface area contributed by atoms with Gasteiger partial charge < -0.3 is 8.98 Å². The van der Waals surface area contributed by atoms with Gasteiger partial charge in [-0.1, -0.05) is 103 Å². The lowest BCUT2D eigenvalue weighted by Gasteiger charge is -2.13. The lowest BCUT2D eigenvalue weighted by atomic mass is 9.93. The highest BCUT2D eigenvalue weighted by Crippen LogP contribution is 2.40. The van der Waals surface area contributed by atoms with E-state index in [0.29, 0.717) is 5.56 Å². The Labute approximate surface area is 265 Å². The molecule has 0 N–H and O–H groups in total. The molecule has 0 aliphatic rings. The second-order valence-corrected chi connectivity index (χ2v) is 11.7. The standard InChI is InChI=1S/C43H26N2O/c44-27-28-21-32(24-34(22-28)45-40-18-7-4-15-35(40)36-16-5-8-19-41(36)45)30-13-10-14-31(23-30)33-25-38(29-11-2-1-3-12-29)43-39(26-33)37-17-6-9-20-42(37)46-43/h1-26H. The maximum absolute atomic E-state index is 10.1. The van der Waals surface area contributed by atoms with E-state index in [-0.39, 0.29) is 0 Å². The summed E-state index contributed by atoms with van der Waals surface area (Å²) >= 11 is 0. The van der Waals surface area contributed by atoms with Gasteiger partial charge >= 0.3 is 0 Å². The number of nitrogens with zero attached hydrogens (tertiary/aromatic N) is 2. The summed E-state index contributed by atoms with van der Waals surface area (Å²) < 4.78 is 8.69. The van der Waals surface area contributed by atoms with Crippen LogP contribution in [-0.4, -0.2) is 4.57 Å². The molecule has 0 fully saturated rings. The van der Waals surface area contributed by atoms with Gasteiger partial charge in [0.05, 0.1) is 22.7 Å². The van der Waals surface area contributed by atoms with Gasteiger partial charge in [-0.2, -0.15) is 5.26 Å². The van der Waals surface area contributed by atoms with Crippen LogP contribution in [0.1, 0.15) is 5.56 Å². The Kier molecular flexibility index (Phi) is 5.88. The second-order valence-electron chi connectivity index (χ2n) is 11.7. The summed E-state index contributed by atoms with van der Waals surface area (Å²) in [6.07, 6.45) is 0. The Morgan fingerprint density at radius 1 is 0.457 bits per heavy atom. The van der Waals surface area contributed by atoms with Gasteiger partial charge in [-0.15, -0.1) is 0 Å². The van der Waals surface area contributed by atoms with E-state index in [2.05, 4.69) is 138 Å². The van der Waals surface area contributed by atoms with Crippen molar-refractivity contribution in [2.45, 2.75) is 0 Å². The zero-order chi connectivity index (χ0) is 30.6. The number of para-hydroxylation sites is 3. The smallest absolute Gasteiger partial charge is 0.143 e. The molecular weight excluding hydrogens is 560 g/mol. The van der Waals surface area contributed by atoms with Crippen molar-refractivity contribution in [2.24, 2.45) is 0 Å². The molecule has 46 heavy (non-hydrogen) atoms. The predicted octanol–water partition coefficient (Wildman–Crippen LogP) is 11.6. The van der Waals surface area contributed by atoms with Gasteiger partial charge in [0.2, 0.25) is 0 Å². The Bertz CT molecular complexity index is 2600. The largest absolute Gasteiger partial charge is 0.455 e. The third kappa shape index (κ3) is 4.13. The van der Waals surface area contributed by atoms with E-state index >= 15 is 0 Å². The van der Waals surface area contributed by atoms with Crippen LogP contribution < -0.4 is 0 Å². The molecule has 0 bridgehead atoms. The number of hydrogen-bond acceptors (Lipinski definition) is 2. The molecule has 0 saturated heterocycles. The van der Waals surface area contributed by atoms with Crippen LogP contribution in [0.4, 0.5) is 0 Å². The molecule has 0 aliphatic heterocycles. The van der Waals surface area contributed by atoms with E-state index in [1.165, 1.54) is 10.8 Å². The van der Waals surface area contributed by atoms with Gasteiger partial charge in [-0.25, -0.2) is 0 Å². The zero-order valence-electron chi connectivity index (χ0n) is 24.8. The zero-order valence-corrected chi connectivity index (χ0v) is 24.8. The van der Waals surface area contributed by atoms with E-state index < -0.39 is 0 Å². The van der Waals surface area contributed by atoms with E-state index in [0.717, 1.165) is 72.0 Å². The van der Waals surface area contributed by atoms with Crippen LogP contribution >= 0.6 is 0 Å². The van der Waals surface area contributed by atoms with Crippen LogP contribution in [0.25, 0.3) is 82.8 Å². The van der Waals surface area contributed by atoms with Crippen molar-refractivity contribution in [2.75, 3.05) is 0 Å². The van der Waals surface area contributed by atoms with Crippen LogP contribution in [0.15, 0.2) is 162 Å². The van der Waals surface area contributed by atoms with Crippen molar-refractivity contribution in [1.82, 2.24) is 4.57 Å². The molecule has 214 valence electrons. The van der Waals surface area contributed by atoms with Crippen LogP contribution in [0.5, 0.6) is 0 Å². The molecule has 0 unspecified atom stereocenters. The van der Waals surface area contributed by atoms with Gasteiger partial charge in [-0.05, 0) is 82.4 Å². The number of benzene rings is 7. The van der Waals surface area contributed by atoms with E-state index in [4.69, 9.17) is 4.42 Å². The molecule has 0 amide bonds. The topological polar surface area (TPSA) is 41.9 Å². The summed E-state index contributed by atoms with van der Waals surface area (Å²) in [7, 11) is 0. The lowest BCUT2D eigenvalue weighted by molar-refractivity contribution is 0.670. The summed E-state index contributed by atoms with van der Waals surface area (Å²) in [5, 5.41) is 14.7. The Hall–Kier alpha value is -6.37. The monoisotopic (exact) mass is 586 g/mol. The first-order valence-electron chi connectivity index (χ1n) is 15.4. The number of hydrogen-bond donors (Lipinski definition) is 0. The van der Waals surface area contributed by atoms with Gasteiger partial charge in [0.1, 0.15) is 11.2 Å². The molecule has 3 heteroatoms. The van der Waals surface area contributed by atoms with Crippen molar-refractivity contribution >= 4 is 43.7 Å². The highest BCUT2D eigenvalue weighted by molar-refractivity contribution is 6.12. The number of rotatable bonds is 4. The van der Waals surface area contributed by atoms with Crippen molar-refractivity contribution in [3.63, 3.8) is 0 Å². The van der Waals surface area contributed by atoms with Crippen molar-refractivity contribution in [1.29, 1.82) is 5.26 Å². The third-order valence-corrected chi connectivity index (χ3v) is 8.98. The first-order valence-corrected chi connectivity index (χ1v) is 15.4. The Balaban J connectivity index is 1.24. The molecule has 9 rings (SSSR count). The van der Waals surface area contributed by atoms with E-state index in [1.54, 1.807) is 0 Å². The fourth-order valence-corrected chi connectivity index (χ4v) is 6.88. The lowest BCUT2D eigenvalue weighted by Crippen LogP contribution is -1.96. The molecule has 0 saturated carbocycles. The number of aromatic nitrogens is 1. The summed E-state index contributed by atoms with van der Waals surface area (Å²) in [5.41, 5.74) is 12.0. The Morgan fingerprint density at radius 2 is 1.07 bits per heavy atom. The first-order chi connectivity index (χ1) is 22.7. The van der Waals surface area contributed by atoms with Crippen molar-refractivity contribution < 1.29 is 4.42 Å². The van der Waals surface area contributed by atoms with Crippen molar-refractivity contribution in [3.8, 4) is 45.1 Å². The number of nitriles is 1. The van der Waals surface area contributed by atoms with Crippen molar-refractivity contribution in [3.05, 3.63) is 163 Å². The van der Waals surface area contributed by atoms with Crippen LogP contribution in [0, 0.1) is 11.3 Å². The molecular formula is C43H26N2O. The average molecular weight is 587 g/mol. The van der Waals surface area contributed by atoms with Crippen LogP contribution in [-0.2, 0) is 0 Å². The van der Waals surface area contributed by atoms with Gasteiger partial charge in [0.25, 0.3) is 0 Å². The highest BCUT2D eigenvalue weighted by Gasteiger charge is 2.17. The average Bonchev–Trinajstić information content (AvgIpc) is 3.67. The summed E-state index contributed by atoms with van der Waals surface area (Å²) in [4.78, 5) is 0. The van der Waals surface area contributed by atoms with Gasteiger partial charge in [0.15, 0.2) is 0 Å². The molecule has 0 atom stereocenters. The molecule has 7 aromatic carbocycles. The molecule has 2 aromatic heterocycles. The van der Waals surface area contributed by atoms with E-state index in [9.17, 15) is 5.26 Å². The number of fused-ring (bicyclic) bond motifs is 6. The molecule has 0 spiro atoms. The fourth-order valence-electron chi connectivity index (χ4n) is 6.88. The minimum Gasteiger partial charge on any atom is -0.455 e. The quantitative estimate of drug-likeness (QED) is 0.206. The fraction of sp³-hybridized carbons (Fsp3) is 0. The normalized spacial score (nSPS) is 11.5. The third-order valence-electron chi connectivity index (χ3n) is 8.98. The molecule has 0 radical (unpaired) electrons. The molecule has 9 aromatic rings. The summed E-state index contributed by atoms with van der Waals surface area (Å²) in [6.45, 7) is 0. The predicted molar refractivity (Wildman–Crippen MR) is 189 cm³/mol. The molecule has 3 nitrogen and oxygen atoms in total. The summed E-state index contributed by atoms with van der Waals surface area (Å²) in [6, 6.07) is 57.2. The maximum atomic E-state index is 10.1. The number of furan rings is 1. The highest BCUT2D eigenvalue weighted by atomic mass is 16.3. The minimum atomic E-state index is 0.623. The minimum absolute atomic E-state index is 0.623. The SMILES string of the molecule is N#Cc1cc(-c2cccc(-c3cc(-c4ccccc4)c4oc5ccccc5c4c3)c2)cc(-n2c3ccccc3c3ccccc32)c1.